The molecule has 0 unspecified atom stereocenters. The lowest BCUT2D eigenvalue weighted by atomic mass is 10.2. The maximum Gasteiger partial charge on any atom is 0.410 e. The second-order valence-corrected chi connectivity index (χ2v) is 9.32. The minimum absolute atomic E-state index is 0.141. The van der Waals surface area contributed by atoms with Crippen LogP contribution in [0, 0.1) is 0 Å². The lowest BCUT2D eigenvalue weighted by Crippen LogP contribution is -2.51. The monoisotopic (exact) mass is 409 g/mol. The number of amides is 2. The first-order valence-electron chi connectivity index (χ1n) is 9.05. The van der Waals surface area contributed by atoms with Crippen LogP contribution in [0.4, 0.5) is 10.5 Å². The third-order valence-corrected chi connectivity index (χ3v) is 5.88. The molecule has 1 saturated heterocycles. The van der Waals surface area contributed by atoms with Crippen molar-refractivity contribution in [2.45, 2.75) is 38.2 Å². The number of carbonyl (C=O) groups excluding carboxylic acids is 2. The summed E-state index contributed by atoms with van der Waals surface area (Å²) in [6.45, 7) is 8.03. The number of benzene rings is 1. The Kier molecular flexibility index (Phi) is 6.84. The van der Waals surface area contributed by atoms with Crippen LogP contribution >= 0.6 is 0 Å². The fraction of sp³-hybridized carbons (Fsp3) is 0.474. The molecule has 1 aromatic carbocycles. The van der Waals surface area contributed by atoms with E-state index >= 15 is 0 Å². The molecule has 1 heterocycles. The van der Waals surface area contributed by atoms with Gasteiger partial charge in [-0.3, -0.25) is 4.79 Å². The van der Waals surface area contributed by atoms with Crippen LogP contribution in [0.3, 0.4) is 0 Å². The summed E-state index contributed by atoms with van der Waals surface area (Å²) >= 11 is 0. The van der Waals surface area contributed by atoms with Crippen molar-refractivity contribution in [1.82, 2.24) is 9.21 Å². The number of hydrogen-bond donors (Lipinski definition) is 1. The Morgan fingerprint density at radius 2 is 1.64 bits per heavy atom. The fourth-order valence-corrected chi connectivity index (χ4v) is 4.05. The standard InChI is InChI=1S/C19H27N3O5S/c1-5-6-17(23)20-15-7-9-16(10-8-15)28(25,26)22-13-11-21(12-14-22)18(24)27-19(2,3)4/h5-10H,11-14H2,1-4H3,(H,20,23). The summed E-state index contributed by atoms with van der Waals surface area (Å²) in [6.07, 6.45) is 2.56. The number of piperazine rings is 1. The number of carbonyl (C=O) groups is 2. The van der Waals surface area contributed by atoms with E-state index in [1.807, 2.05) is 0 Å². The summed E-state index contributed by atoms with van der Waals surface area (Å²) in [7, 11) is -3.67. The van der Waals surface area contributed by atoms with Crippen molar-refractivity contribution in [3.63, 3.8) is 0 Å². The zero-order chi connectivity index (χ0) is 20.9. The van der Waals surface area contributed by atoms with E-state index in [1.165, 1.54) is 27.4 Å². The molecule has 1 aliphatic rings. The van der Waals surface area contributed by atoms with Gasteiger partial charge in [0, 0.05) is 31.9 Å². The molecule has 1 aliphatic heterocycles. The summed E-state index contributed by atoms with van der Waals surface area (Å²) in [4.78, 5) is 25.3. The van der Waals surface area contributed by atoms with Crippen LogP contribution in [-0.2, 0) is 19.6 Å². The van der Waals surface area contributed by atoms with Gasteiger partial charge in [-0.25, -0.2) is 13.2 Å². The van der Waals surface area contributed by atoms with Crippen LogP contribution in [0.2, 0.25) is 0 Å². The lowest BCUT2D eigenvalue weighted by molar-refractivity contribution is -0.111. The van der Waals surface area contributed by atoms with E-state index in [0.717, 1.165) is 0 Å². The second kappa shape index (κ2) is 8.74. The van der Waals surface area contributed by atoms with Crippen LogP contribution in [0.1, 0.15) is 27.7 Å². The first-order chi connectivity index (χ1) is 13.0. The topological polar surface area (TPSA) is 96.0 Å². The molecule has 0 bridgehead atoms. The van der Waals surface area contributed by atoms with Crippen LogP contribution in [0.5, 0.6) is 0 Å². The molecule has 2 amide bonds. The third kappa shape index (κ3) is 5.80. The van der Waals surface area contributed by atoms with E-state index in [0.29, 0.717) is 5.69 Å². The molecule has 1 N–H and O–H groups in total. The van der Waals surface area contributed by atoms with Crippen molar-refractivity contribution in [2.24, 2.45) is 0 Å². The number of nitrogens with zero attached hydrogens (tertiary/aromatic N) is 2. The average molecular weight is 410 g/mol. The van der Waals surface area contributed by atoms with Gasteiger partial charge in [0.1, 0.15) is 5.60 Å². The molecule has 9 heteroatoms. The molecule has 154 valence electrons. The molecule has 8 nitrogen and oxygen atoms in total. The number of allylic oxidation sites excluding steroid dienone is 1. The Morgan fingerprint density at radius 3 is 2.14 bits per heavy atom. The normalized spacial score (nSPS) is 16.2. The Labute approximate surface area is 166 Å². The number of ether oxygens (including phenoxy) is 1. The smallest absolute Gasteiger partial charge is 0.410 e. The van der Waals surface area contributed by atoms with Gasteiger partial charge in [-0.05, 0) is 58.0 Å². The molecule has 1 aromatic rings. The quantitative estimate of drug-likeness (QED) is 0.771. The van der Waals surface area contributed by atoms with Gasteiger partial charge in [-0.15, -0.1) is 0 Å². The van der Waals surface area contributed by atoms with Crippen LogP contribution < -0.4 is 5.32 Å². The summed E-state index contributed by atoms with van der Waals surface area (Å²) in [6, 6.07) is 6.01. The highest BCUT2D eigenvalue weighted by atomic mass is 32.2. The molecular formula is C19H27N3O5S. The fourth-order valence-electron chi connectivity index (χ4n) is 2.63. The molecule has 1 fully saturated rings. The summed E-state index contributed by atoms with van der Waals surface area (Å²) in [5.74, 6) is -0.281. The molecule has 0 spiro atoms. The second-order valence-electron chi connectivity index (χ2n) is 7.39. The number of anilines is 1. The zero-order valence-electron chi connectivity index (χ0n) is 16.6. The van der Waals surface area contributed by atoms with Crippen molar-refractivity contribution < 1.29 is 22.7 Å². The summed E-state index contributed by atoms with van der Waals surface area (Å²) in [5.41, 5.74) is -0.0820. The molecule has 0 aliphatic carbocycles. The van der Waals surface area contributed by atoms with E-state index in [4.69, 9.17) is 4.74 Å². The molecule has 2 rings (SSSR count). The first-order valence-corrected chi connectivity index (χ1v) is 10.5. The lowest BCUT2D eigenvalue weighted by Gasteiger charge is -2.35. The Morgan fingerprint density at radius 1 is 1.07 bits per heavy atom. The minimum Gasteiger partial charge on any atom is -0.444 e. The molecule has 0 atom stereocenters. The minimum atomic E-state index is -3.67. The van der Waals surface area contributed by atoms with E-state index in [2.05, 4.69) is 5.32 Å². The SMILES string of the molecule is CC=CC(=O)Nc1ccc(S(=O)(=O)N2CCN(C(=O)OC(C)(C)C)CC2)cc1. The van der Waals surface area contributed by atoms with Gasteiger partial charge in [-0.1, -0.05) is 6.08 Å². The highest BCUT2D eigenvalue weighted by Crippen LogP contribution is 2.21. The number of rotatable bonds is 4. The van der Waals surface area contributed by atoms with Crippen molar-refractivity contribution in [3.8, 4) is 0 Å². The van der Waals surface area contributed by atoms with E-state index in [-0.39, 0.29) is 37.0 Å². The number of sulfonamides is 1. The average Bonchev–Trinajstić information content (AvgIpc) is 2.61. The van der Waals surface area contributed by atoms with Crippen molar-refractivity contribution in [1.29, 1.82) is 0 Å². The van der Waals surface area contributed by atoms with Crippen molar-refractivity contribution in [2.75, 3.05) is 31.5 Å². The largest absolute Gasteiger partial charge is 0.444 e. The Hall–Kier alpha value is -2.39. The van der Waals surface area contributed by atoms with Crippen molar-refractivity contribution in [3.05, 3.63) is 36.4 Å². The molecular weight excluding hydrogens is 382 g/mol. The van der Waals surface area contributed by atoms with Gasteiger partial charge >= 0.3 is 6.09 Å². The van der Waals surface area contributed by atoms with Crippen LogP contribution in [-0.4, -0.2) is 61.4 Å². The number of nitrogens with one attached hydrogen (secondary N) is 1. The van der Waals surface area contributed by atoms with E-state index < -0.39 is 21.7 Å². The van der Waals surface area contributed by atoms with Gasteiger partial charge < -0.3 is 15.0 Å². The maximum absolute atomic E-state index is 12.8. The molecule has 0 saturated carbocycles. The van der Waals surface area contributed by atoms with Gasteiger partial charge in [0.2, 0.25) is 15.9 Å². The van der Waals surface area contributed by atoms with Crippen LogP contribution in [0.15, 0.2) is 41.3 Å². The highest BCUT2D eigenvalue weighted by Gasteiger charge is 2.31. The van der Waals surface area contributed by atoms with Gasteiger partial charge in [0.25, 0.3) is 0 Å². The highest BCUT2D eigenvalue weighted by molar-refractivity contribution is 7.89. The predicted molar refractivity (Wildman–Crippen MR) is 106 cm³/mol. The van der Waals surface area contributed by atoms with Gasteiger partial charge in [0.05, 0.1) is 4.90 Å². The predicted octanol–water partition coefficient (Wildman–Crippen LogP) is 2.44. The Bertz CT molecular complexity index is 833. The molecule has 28 heavy (non-hydrogen) atoms. The maximum atomic E-state index is 12.8. The zero-order valence-corrected chi connectivity index (χ0v) is 17.5. The summed E-state index contributed by atoms with van der Waals surface area (Å²) < 4.78 is 32.3. The van der Waals surface area contributed by atoms with Crippen molar-refractivity contribution >= 4 is 27.7 Å². The van der Waals surface area contributed by atoms with E-state index in [9.17, 15) is 18.0 Å². The molecule has 0 aromatic heterocycles. The van der Waals surface area contributed by atoms with Crippen LogP contribution in [0.25, 0.3) is 0 Å². The molecule has 0 radical (unpaired) electrons. The Balaban J connectivity index is 2.00. The number of hydrogen-bond acceptors (Lipinski definition) is 5. The first kappa shape index (κ1) is 21.9. The van der Waals surface area contributed by atoms with Gasteiger partial charge in [-0.2, -0.15) is 4.31 Å². The summed E-state index contributed by atoms with van der Waals surface area (Å²) in [5, 5.41) is 2.65. The third-order valence-electron chi connectivity index (χ3n) is 3.97. The van der Waals surface area contributed by atoms with E-state index in [1.54, 1.807) is 45.9 Å². The van der Waals surface area contributed by atoms with Gasteiger partial charge in [0.15, 0.2) is 0 Å².